The SMILES string of the molecule is CC1CCc2cccc3nc(N4CCNCC4)n1c23. The van der Waals surface area contributed by atoms with Gasteiger partial charge in [0.05, 0.1) is 11.0 Å². The number of hydrogen-bond donors (Lipinski definition) is 1. The minimum absolute atomic E-state index is 0.560. The van der Waals surface area contributed by atoms with Gasteiger partial charge in [-0.15, -0.1) is 0 Å². The molecule has 4 heteroatoms. The summed E-state index contributed by atoms with van der Waals surface area (Å²) in [5, 5.41) is 3.41. The molecule has 2 aliphatic rings. The average molecular weight is 256 g/mol. The van der Waals surface area contributed by atoms with Crippen LogP contribution in [0.5, 0.6) is 0 Å². The third kappa shape index (κ3) is 1.66. The topological polar surface area (TPSA) is 33.1 Å². The van der Waals surface area contributed by atoms with Gasteiger partial charge in [0.25, 0.3) is 0 Å². The molecule has 1 unspecified atom stereocenters. The molecule has 0 spiro atoms. The average Bonchev–Trinajstić information content (AvgIpc) is 2.85. The molecule has 1 saturated heterocycles. The monoisotopic (exact) mass is 256 g/mol. The molecule has 2 aliphatic heterocycles. The molecule has 0 bridgehead atoms. The minimum Gasteiger partial charge on any atom is -0.340 e. The van der Waals surface area contributed by atoms with Crippen LogP contribution in [-0.2, 0) is 6.42 Å². The summed E-state index contributed by atoms with van der Waals surface area (Å²) in [6.45, 7) is 6.56. The van der Waals surface area contributed by atoms with Gasteiger partial charge in [-0.05, 0) is 31.4 Å². The van der Waals surface area contributed by atoms with Crippen LogP contribution in [-0.4, -0.2) is 35.7 Å². The number of aryl methyl sites for hydroxylation is 1. The van der Waals surface area contributed by atoms with Crippen molar-refractivity contribution in [2.24, 2.45) is 0 Å². The highest BCUT2D eigenvalue weighted by atomic mass is 15.3. The third-order valence-electron chi connectivity index (χ3n) is 4.45. The Morgan fingerprint density at radius 3 is 2.95 bits per heavy atom. The van der Waals surface area contributed by atoms with Gasteiger partial charge in [-0.25, -0.2) is 4.98 Å². The van der Waals surface area contributed by atoms with E-state index in [0.29, 0.717) is 6.04 Å². The Labute approximate surface area is 113 Å². The molecule has 1 atom stereocenters. The third-order valence-corrected chi connectivity index (χ3v) is 4.45. The van der Waals surface area contributed by atoms with Crippen molar-refractivity contribution in [2.45, 2.75) is 25.8 Å². The summed E-state index contributed by atoms with van der Waals surface area (Å²) < 4.78 is 2.47. The number of para-hydroxylation sites is 1. The van der Waals surface area contributed by atoms with Crippen molar-refractivity contribution in [3.05, 3.63) is 23.8 Å². The Kier molecular flexibility index (Phi) is 2.52. The maximum absolute atomic E-state index is 4.92. The van der Waals surface area contributed by atoms with E-state index in [-0.39, 0.29) is 0 Å². The van der Waals surface area contributed by atoms with E-state index in [9.17, 15) is 0 Å². The zero-order chi connectivity index (χ0) is 12.8. The van der Waals surface area contributed by atoms with Gasteiger partial charge in [0.1, 0.15) is 0 Å². The summed E-state index contributed by atoms with van der Waals surface area (Å²) >= 11 is 0. The van der Waals surface area contributed by atoms with Gasteiger partial charge in [0.2, 0.25) is 5.95 Å². The number of nitrogens with zero attached hydrogens (tertiary/aromatic N) is 3. The molecule has 0 radical (unpaired) electrons. The van der Waals surface area contributed by atoms with Crippen LogP contribution < -0.4 is 10.2 Å². The Hall–Kier alpha value is -1.55. The summed E-state index contributed by atoms with van der Waals surface area (Å²) in [6, 6.07) is 7.12. The smallest absolute Gasteiger partial charge is 0.206 e. The molecule has 1 fully saturated rings. The van der Waals surface area contributed by atoms with E-state index in [4.69, 9.17) is 4.98 Å². The second kappa shape index (κ2) is 4.23. The highest BCUT2D eigenvalue weighted by Gasteiger charge is 2.26. The fourth-order valence-corrected chi connectivity index (χ4v) is 3.41. The molecule has 1 N–H and O–H groups in total. The molecule has 1 aromatic carbocycles. The lowest BCUT2D eigenvalue weighted by molar-refractivity contribution is 0.487. The number of aromatic nitrogens is 2. The molecule has 0 aliphatic carbocycles. The molecular weight excluding hydrogens is 236 g/mol. The zero-order valence-electron chi connectivity index (χ0n) is 11.4. The first-order chi connectivity index (χ1) is 9.34. The van der Waals surface area contributed by atoms with Crippen molar-refractivity contribution in [3.63, 3.8) is 0 Å². The van der Waals surface area contributed by atoms with E-state index in [1.807, 2.05) is 0 Å². The van der Waals surface area contributed by atoms with Crippen molar-refractivity contribution in [3.8, 4) is 0 Å². The van der Waals surface area contributed by atoms with Crippen LogP contribution in [0.3, 0.4) is 0 Å². The van der Waals surface area contributed by atoms with E-state index < -0.39 is 0 Å². The van der Waals surface area contributed by atoms with Crippen molar-refractivity contribution in [1.82, 2.24) is 14.9 Å². The Balaban J connectivity index is 1.91. The lowest BCUT2D eigenvalue weighted by Crippen LogP contribution is -2.44. The fourth-order valence-electron chi connectivity index (χ4n) is 3.41. The minimum atomic E-state index is 0.560. The van der Waals surface area contributed by atoms with Gasteiger partial charge in [0, 0.05) is 32.2 Å². The number of anilines is 1. The van der Waals surface area contributed by atoms with E-state index in [0.717, 1.165) is 31.7 Å². The molecule has 3 heterocycles. The number of piperazine rings is 1. The first kappa shape index (κ1) is 11.3. The molecule has 0 amide bonds. The summed E-state index contributed by atoms with van der Waals surface area (Å²) in [5.74, 6) is 1.18. The maximum atomic E-state index is 4.92. The van der Waals surface area contributed by atoms with Crippen LogP contribution in [0.4, 0.5) is 5.95 Å². The van der Waals surface area contributed by atoms with Crippen LogP contribution in [0.25, 0.3) is 11.0 Å². The second-order valence-electron chi connectivity index (χ2n) is 5.69. The Morgan fingerprint density at radius 2 is 2.11 bits per heavy atom. The van der Waals surface area contributed by atoms with Gasteiger partial charge in [-0.3, -0.25) is 0 Å². The predicted molar refractivity (Wildman–Crippen MR) is 77.8 cm³/mol. The first-order valence-corrected chi connectivity index (χ1v) is 7.30. The van der Waals surface area contributed by atoms with Gasteiger partial charge >= 0.3 is 0 Å². The number of imidazole rings is 1. The number of benzene rings is 1. The van der Waals surface area contributed by atoms with E-state index >= 15 is 0 Å². The predicted octanol–water partition coefficient (Wildman–Crippen LogP) is 1.95. The lowest BCUT2D eigenvalue weighted by atomic mass is 10.0. The Morgan fingerprint density at radius 1 is 1.26 bits per heavy atom. The summed E-state index contributed by atoms with van der Waals surface area (Å²) in [6.07, 6.45) is 2.41. The van der Waals surface area contributed by atoms with Crippen LogP contribution in [0.15, 0.2) is 18.2 Å². The van der Waals surface area contributed by atoms with E-state index in [1.165, 1.54) is 29.9 Å². The molecule has 4 nitrogen and oxygen atoms in total. The molecule has 4 rings (SSSR count). The number of rotatable bonds is 1. The zero-order valence-corrected chi connectivity index (χ0v) is 11.4. The van der Waals surface area contributed by atoms with Gasteiger partial charge < -0.3 is 14.8 Å². The number of hydrogen-bond acceptors (Lipinski definition) is 3. The second-order valence-corrected chi connectivity index (χ2v) is 5.69. The maximum Gasteiger partial charge on any atom is 0.206 e. The molecule has 100 valence electrons. The molecule has 2 aromatic rings. The highest BCUT2D eigenvalue weighted by Crippen LogP contribution is 2.35. The van der Waals surface area contributed by atoms with Crippen molar-refractivity contribution in [1.29, 1.82) is 0 Å². The summed E-state index contributed by atoms with van der Waals surface area (Å²) in [4.78, 5) is 7.35. The standard InChI is InChI=1S/C15H20N4/c1-11-5-6-12-3-2-4-13-14(12)19(11)15(17-13)18-9-7-16-8-10-18/h2-4,11,16H,5-10H2,1H3. The summed E-state index contributed by atoms with van der Waals surface area (Å²) in [5.41, 5.74) is 4.00. The van der Waals surface area contributed by atoms with Gasteiger partial charge in [-0.2, -0.15) is 0 Å². The van der Waals surface area contributed by atoms with Crippen LogP contribution in [0.2, 0.25) is 0 Å². The van der Waals surface area contributed by atoms with Crippen LogP contribution >= 0.6 is 0 Å². The van der Waals surface area contributed by atoms with Crippen molar-refractivity contribution < 1.29 is 0 Å². The number of nitrogens with one attached hydrogen (secondary N) is 1. The van der Waals surface area contributed by atoms with Crippen molar-refractivity contribution >= 4 is 17.0 Å². The summed E-state index contributed by atoms with van der Waals surface area (Å²) in [7, 11) is 0. The van der Waals surface area contributed by atoms with E-state index in [1.54, 1.807) is 0 Å². The van der Waals surface area contributed by atoms with Crippen molar-refractivity contribution in [2.75, 3.05) is 31.1 Å². The van der Waals surface area contributed by atoms with Gasteiger partial charge in [-0.1, -0.05) is 12.1 Å². The van der Waals surface area contributed by atoms with Crippen LogP contribution in [0.1, 0.15) is 24.9 Å². The molecule has 0 saturated carbocycles. The van der Waals surface area contributed by atoms with Gasteiger partial charge in [0.15, 0.2) is 0 Å². The normalized spacial score (nSPS) is 23.0. The molecular formula is C15H20N4. The highest BCUT2D eigenvalue weighted by molar-refractivity contribution is 5.83. The largest absolute Gasteiger partial charge is 0.340 e. The quantitative estimate of drug-likeness (QED) is 0.846. The fraction of sp³-hybridized carbons (Fsp3) is 0.533. The van der Waals surface area contributed by atoms with E-state index in [2.05, 4.69) is 39.9 Å². The lowest BCUT2D eigenvalue weighted by Gasteiger charge is -2.32. The first-order valence-electron chi connectivity index (χ1n) is 7.30. The molecule has 1 aromatic heterocycles. The Bertz CT molecular complexity index is 610. The molecule has 19 heavy (non-hydrogen) atoms. The van der Waals surface area contributed by atoms with Crippen LogP contribution in [0, 0.1) is 0 Å².